The minimum atomic E-state index is -4.63. The second-order valence-corrected chi connectivity index (χ2v) is 8.25. The Morgan fingerprint density at radius 2 is 1.79 bits per heavy atom. The van der Waals surface area contributed by atoms with Crippen LogP contribution in [0.5, 0.6) is 0 Å². The van der Waals surface area contributed by atoms with Gasteiger partial charge < -0.3 is 9.80 Å². The van der Waals surface area contributed by atoms with Crippen LogP contribution >= 0.6 is 11.6 Å². The van der Waals surface area contributed by atoms with E-state index in [1.54, 1.807) is 9.80 Å². The Hall–Kier alpha value is -3.20. The summed E-state index contributed by atoms with van der Waals surface area (Å²) in [6, 6.07) is 6.79. The molecule has 2 heterocycles. The van der Waals surface area contributed by atoms with Gasteiger partial charge in [-0.2, -0.15) is 13.2 Å². The Bertz CT molecular complexity index is 1180. The van der Waals surface area contributed by atoms with E-state index in [2.05, 4.69) is 4.98 Å². The van der Waals surface area contributed by atoms with Crippen molar-refractivity contribution in [3.05, 3.63) is 69.5 Å². The van der Waals surface area contributed by atoms with Crippen LogP contribution in [-0.2, 0) is 17.4 Å². The van der Waals surface area contributed by atoms with Crippen molar-refractivity contribution in [3.63, 3.8) is 0 Å². The summed E-state index contributed by atoms with van der Waals surface area (Å²) in [7, 11) is 0. The highest BCUT2D eigenvalue weighted by atomic mass is 35.5. The first kappa shape index (κ1) is 23.0. The summed E-state index contributed by atoms with van der Waals surface area (Å²) in [4.78, 5) is 44.0. The molecule has 0 N–H and O–H groups in total. The Balaban J connectivity index is 1.65. The number of hydrogen-bond donors (Lipinski definition) is 0. The van der Waals surface area contributed by atoms with Crippen LogP contribution in [0.3, 0.4) is 0 Å². The predicted octanol–water partition coefficient (Wildman–Crippen LogP) is 3.88. The van der Waals surface area contributed by atoms with Gasteiger partial charge in [-0.3, -0.25) is 19.4 Å². The molecule has 10 heteroatoms. The molecule has 1 aliphatic carbocycles. The highest BCUT2D eigenvalue weighted by molar-refractivity contribution is 6.49. The summed E-state index contributed by atoms with van der Waals surface area (Å²) >= 11 is 6.13. The zero-order chi connectivity index (χ0) is 23.9. The number of alkyl halides is 3. The summed E-state index contributed by atoms with van der Waals surface area (Å²) in [6.07, 6.45) is -3.49. The molecule has 1 aliphatic heterocycles. The standard InChI is InChI=1S/C23H19ClF3N3O3/c1-13(31)29-7-9-30(10-8-29)18-5-4-14(12-17(18)23(25,26)27)11-16-19(24)22(33)20-15(21(16)32)3-2-6-28-20/h2-6,12H,7-11H2,1H3. The molecule has 33 heavy (non-hydrogen) atoms. The number of fused-ring (bicyclic) bond motifs is 1. The summed E-state index contributed by atoms with van der Waals surface area (Å²) in [5.74, 6) is -1.27. The number of carbonyl (C=O) groups is 3. The van der Waals surface area contributed by atoms with Crippen molar-refractivity contribution in [1.29, 1.82) is 0 Å². The molecule has 6 nitrogen and oxygen atoms in total. The predicted molar refractivity (Wildman–Crippen MR) is 115 cm³/mol. The number of amides is 1. The van der Waals surface area contributed by atoms with Crippen LogP contribution in [0.15, 0.2) is 47.1 Å². The van der Waals surface area contributed by atoms with Crippen LogP contribution in [0, 0.1) is 0 Å². The Morgan fingerprint density at radius 1 is 1.09 bits per heavy atom. The monoisotopic (exact) mass is 477 g/mol. The van der Waals surface area contributed by atoms with Gasteiger partial charge in [0.2, 0.25) is 11.7 Å². The molecule has 0 radical (unpaired) electrons. The number of aromatic nitrogens is 1. The van der Waals surface area contributed by atoms with Crippen molar-refractivity contribution in [2.75, 3.05) is 31.1 Å². The smallest absolute Gasteiger partial charge is 0.367 e. The van der Waals surface area contributed by atoms with Crippen molar-refractivity contribution in [2.45, 2.75) is 19.5 Å². The minimum Gasteiger partial charge on any atom is -0.367 e. The average Bonchev–Trinajstić information content (AvgIpc) is 2.80. The van der Waals surface area contributed by atoms with E-state index in [1.807, 2.05) is 0 Å². The number of halogens is 4. The first-order chi connectivity index (χ1) is 15.6. The Kier molecular flexibility index (Phi) is 6.00. The fourth-order valence-electron chi connectivity index (χ4n) is 4.09. The molecule has 1 fully saturated rings. The first-order valence-electron chi connectivity index (χ1n) is 10.2. The fourth-order valence-corrected chi connectivity index (χ4v) is 4.34. The second-order valence-electron chi connectivity index (χ2n) is 7.87. The maximum atomic E-state index is 13.9. The number of carbonyl (C=O) groups excluding carboxylic acids is 3. The number of nitrogens with zero attached hydrogens (tertiary/aromatic N) is 3. The molecule has 2 aliphatic rings. The van der Waals surface area contributed by atoms with E-state index < -0.39 is 23.3 Å². The number of rotatable bonds is 3. The van der Waals surface area contributed by atoms with E-state index in [-0.39, 0.29) is 58.5 Å². The van der Waals surface area contributed by atoms with E-state index in [4.69, 9.17) is 11.6 Å². The lowest BCUT2D eigenvalue weighted by atomic mass is 9.88. The summed E-state index contributed by atoms with van der Waals surface area (Å²) in [5, 5.41) is -0.329. The molecule has 4 rings (SSSR count). The topological polar surface area (TPSA) is 70.6 Å². The lowest BCUT2D eigenvalue weighted by Gasteiger charge is -2.37. The number of hydrogen-bond acceptors (Lipinski definition) is 5. The number of ketones is 2. The average molecular weight is 478 g/mol. The molecule has 0 bridgehead atoms. The summed E-state index contributed by atoms with van der Waals surface area (Å²) in [6.45, 7) is 2.64. The number of anilines is 1. The number of allylic oxidation sites excluding steroid dienone is 2. The van der Waals surface area contributed by atoms with E-state index in [0.29, 0.717) is 13.1 Å². The largest absolute Gasteiger partial charge is 0.418 e. The highest BCUT2D eigenvalue weighted by Gasteiger charge is 2.37. The Morgan fingerprint density at radius 3 is 2.42 bits per heavy atom. The number of benzene rings is 1. The van der Waals surface area contributed by atoms with Gasteiger partial charge in [0.15, 0.2) is 5.78 Å². The van der Waals surface area contributed by atoms with Crippen molar-refractivity contribution in [2.24, 2.45) is 0 Å². The van der Waals surface area contributed by atoms with Gasteiger partial charge >= 0.3 is 6.18 Å². The third-order valence-electron chi connectivity index (χ3n) is 5.82. The maximum absolute atomic E-state index is 13.9. The normalized spacial score (nSPS) is 16.9. The number of pyridine rings is 1. The lowest BCUT2D eigenvalue weighted by molar-refractivity contribution is -0.137. The van der Waals surface area contributed by atoms with Crippen LogP contribution in [0.1, 0.15) is 38.9 Å². The van der Waals surface area contributed by atoms with E-state index in [1.165, 1.54) is 37.4 Å². The van der Waals surface area contributed by atoms with Crippen LogP contribution < -0.4 is 4.90 Å². The SMILES string of the molecule is CC(=O)N1CCN(c2ccc(CC3=C(Cl)C(=O)c4ncccc4C3=O)cc2C(F)(F)F)CC1. The summed E-state index contributed by atoms with van der Waals surface area (Å²) in [5.41, 5.74) is -0.668. The zero-order valence-electron chi connectivity index (χ0n) is 17.6. The van der Waals surface area contributed by atoms with Gasteiger partial charge in [0.25, 0.3) is 0 Å². The van der Waals surface area contributed by atoms with Crippen molar-refractivity contribution >= 4 is 34.8 Å². The molecular weight excluding hydrogens is 459 g/mol. The van der Waals surface area contributed by atoms with Crippen molar-refractivity contribution in [3.8, 4) is 0 Å². The van der Waals surface area contributed by atoms with Crippen LogP contribution in [0.25, 0.3) is 0 Å². The quantitative estimate of drug-likeness (QED) is 0.671. The van der Waals surface area contributed by atoms with E-state index >= 15 is 0 Å². The van der Waals surface area contributed by atoms with Crippen molar-refractivity contribution < 1.29 is 27.6 Å². The molecule has 0 atom stereocenters. The van der Waals surface area contributed by atoms with Gasteiger partial charge in [0.1, 0.15) is 5.69 Å². The third kappa shape index (κ3) is 4.37. The Labute approximate surface area is 192 Å². The fraction of sp³-hybridized carbons (Fsp3) is 0.304. The summed E-state index contributed by atoms with van der Waals surface area (Å²) < 4.78 is 41.8. The molecule has 2 aromatic rings. The second kappa shape index (κ2) is 8.62. The van der Waals surface area contributed by atoms with Gasteiger partial charge in [-0.25, -0.2) is 0 Å². The van der Waals surface area contributed by atoms with Gasteiger partial charge in [-0.1, -0.05) is 17.7 Å². The number of Topliss-reactive ketones (excluding diaryl/α,β-unsaturated/α-hetero) is 2. The van der Waals surface area contributed by atoms with Gasteiger partial charge in [-0.05, 0) is 29.8 Å². The first-order valence-corrected chi connectivity index (χ1v) is 10.6. The lowest BCUT2D eigenvalue weighted by Crippen LogP contribution is -2.48. The molecule has 0 unspecified atom stereocenters. The molecule has 1 aromatic carbocycles. The maximum Gasteiger partial charge on any atom is 0.418 e. The van der Waals surface area contributed by atoms with Crippen molar-refractivity contribution in [1.82, 2.24) is 9.88 Å². The number of piperazine rings is 1. The van der Waals surface area contributed by atoms with E-state index in [9.17, 15) is 27.6 Å². The molecular formula is C23H19ClF3N3O3. The van der Waals surface area contributed by atoms with Crippen LogP contribution in [-0.4, -0.2) is 53.5 Å². The molecule has 1 saturated heterocycles. The van der Waals surface area contributed by atoms with Gasteiger partial charge in [0.05, 0.1) is 16.2 Å². The molecule has 0 spiro atoms. The van der Waals surface area contributed by atoms with Gasteiger partial charge in [-0.15, -0.1) is 0 Å². The molecule has 172 valence electrons. The molecule has 1 amide bonds. The zero-order valence-corrected chi connectivity index (χ0v) is 18.3. The van der Waals surface area contributed by atoms with Gasteiger partial charge in [0, 0.05) is 57.0 Å². The minimum absolute atomic E-state index is 0.00937. The van der Waals surface area contributed by atoms with Crippen LogP contribution in [0.2, 0.25) is 0 Å². The van der Waals surface area contributed by atoms with E-state index in [0.717, 1.165) is 6.07 Å². The highest BCUT2D eigenvalue weighted by Crippen LogP contribution is 2.39. The third-order valence-corrected chi connectivity index (χ3v) is 6.22. The molecule has 0 saturated carbocycles. The van der Waals surface area contributed by atoms with Crippen LogP contribution in [0.4, 0.5) is 18.9 Å². The molecule has 1 aromatic heterocycles.